The van der Waals surface area contributed by atoms with Crippen molar-refractivity contribution in [3.63, 3.8) is 0 Å². The number of hydrogen-bond acceptors (Lipinski definition) is 2. The molecule has 0 saturated heterocycles. The van der Waals surface area contributed by atoms with Crippen LogP contribution in [0.5, 0.6) is 0 Å². The summed E-state index contributed by atoms with van der Waals surface area (Å²) in [6.45, 7) is 1.88. The number of urea groups is 1. The summed E-state index contributed by atoms with van der Waals surface area (Å²) in [6.07, 6.45) is 0.305. The topological polar surface area (TPSA) is 78.4 Å². The standard InChI is InChI=1S/C12H15FN2O3/c1-2-10(11(16)17)15-12(18)14-7-8-3-5-9(13)6-4-8/h3-6,10H,2,7H2,1H3,(H,16,17)(H2,14,15,18)/t10-/m1/s1. The summed E-state index contributed by atoms with van der Waals surface area (Å²) >= 11 is 0. The number of benzene rings is 1. The molecule has 1 aromatic rings. The molecule has 5 nitrogen and oxygen atoms in total. The first-order valence-electron chi connectivity index (χ1n) is 5.54. The summed E-state index contributed by atoms with van der Waals surface area (Å²) in [5.41, 5.74) is 0.731. The summed E-state index contributed by atoms with van der Waals surface area (Å²) in [5.74, 6) is -1.42. The van der Waals surface area contributed by atoms with Gasteiger partial charge in [0.2, 0.25) is 0 Å². The summed E-state index contributed by atoms with van der Waals surface area (Å²) in [7, 11) is 0. The maximum atomic E-state index is 12.6. The predicted octanol–water partition coefficient (Wildman–Crippen LogP) is 1.49. The van der Waals surface area contributed by atoms with E-state index < -0.39 is 18.0 Å². The molecule has 0 heterocycles. The molecule has 3 N–H and O–H groups in total. The first-order valence-corrected chi connectivity index (χ1v) is 5.54. The summed E-state index contributed by atoms with van der Waals surface area (Å²) < 4.78 is 12.6. The number of amides is 2. The second-order valence-electron chi connectivity index (χ2n) is 3.75. The van der Waals surface area contributed by atoms with E-state index in [1.807, 2.05) is 0 Å². The Morgan fingerprint density at radius 2 is 1.94 bits per heavy atom. The average molecular weight is 254 g/mol. The molecule has 0 saturated carbocycles. The van der Waals surface area contributed by atoms with Gasteiger partial charge in [-0.05, 0) is 24.1 Å². The van der Waals surface area contributed by atoms with Crippen LogP contribution in [0.2, 0.25) is 0 Å². The zero-order valence-corrected chi connectivity index (χ0v) is 9.94. The Morgan fingerprint density at radius 1 is 1.33 bits per heavy atom. The van der Waals surface area contributed by atoms with Gasteiger partial charge < -0.3 is 15.7 Å². The van der Waals surface area contributed by atoms with Crippen molar-refractivity contribution in [2.45, 2.75) is 25.9 Å². The minimum atomic E-state index is -1.07. The number of aliphatic carboxylic acids is 1. The number of halogens is 1. The Hall–Kier alpha value is -2.11. The van der Waals surface area contributed by atoms with Crippen molar-refractivity contribution in [2.24, 2.45) is 0 Å². The van der Waals surface area contributed by atoms with Gasteiger partial charge >= 0.3 is 12.0 Å². The van der Waals surface area contributed by atoms with Gasteiger partial charge in [0.15, 0.2) is 0 Å². The Kier molecular flexibility index (Phi) is 5.10. The molecule has 0 aliphatic rings. The van der Waals surface area contributed by atoms with Crippen LogP contribution in [-0.4, -0.2) is 23.1 Å². The summed E-state index contributed by atoms with van der Waals surface area (Å²) in [4.78, 5) is 22.1. The van der Waals surface area contributed by atoms with Crippen LogP contribution in [0.3, 0.4) is 0 Å². The zero-order chi connectivity index (χ0) is 13.5. The molecule has 1 atom stereocenters. The minimum Gasteiger partial charge on any atom is -0.480 e. The predicted molar refractivity (Wildman–Crippen MR) is 63.5 cm³/mol. The molecule has 0 aliphatic carbocycles. The van der Waals surface area contributed by atoms with Gasteiger partial charge in [-0.2, -0.15) is 0 Å². The fraction of sp³-hybridized carbons (Fsp3) is 0.333. The molecule has 98 valence electrons. The first-order chi connectivity index (χ1) is 8.52. The maximum Gasteiger partial charge on any atom is 0.326 e. The number of carboxylic acid groups (broad SMARTS) is 1. The molecular formula is C12H15FN2O3. The van der Waals surface area contributed by atoms with Crippen molar-refractivity contribution in [1.29, 1.82) is 0 Å². The van der Waals surface area contributed by atoms with E-state index in [2.05, 4.69) is 10.6 Å². The fourth-order valence-electron chi connectivity index (χ4n) is 1.33. The lowest BCUT2D eigenvalue weighted by Gasteiger charge is -2.13. The Bertz CT molecular complexity index is 420. The van der Waals surface area contributed by atoms with Crippen LogP contribution in [-0.2, 0) is 11.3 Å². The van der Waals surface area contributed by atoms with Crippen LogP contribution in [0, 0.1) is 5.82 Å². The van der Waals surface area contributed by atoms with Crippen LogP contribution >= 0.6 is 0 Å². The number of carboxylic acids is 1. The molecule has 0 radical (unpaired) electrons. The molecule has 0 unspecified atom stereocenters. The third kappa shape index (κ3) is 4.40. The van der Waals surface area contributed by atoms with E-state index in [1.54, 1.807) is 19.1 Å². The average Bonchev–Trinajstić information content (AvgIpc) is 2.35. The van der Waals surface area contributed by atoms with Crippen LogP contribution in [0.4, 0.5) is 9.18 Å². The van der Waals surface area contributed by atoms with Gasteiger partial charge in [0, 0.05) is 6.54 Å². The fourth-order valence-corrected chi connectivity index (χ4v) is 1.33. The monoisotopic (exact) mass is 254 g/mol. The molecule has 1 rings (SSSR count). The maximum absolute atomic E-state index is 12.6. The highest BCUT2D eigenvalue weighted by Gasteiger charge is 2.16. The minimum absolute atomic E-state index is 0.210. The largest absolute Gasteiger partial charge is 0.480 e. The summed E-state index contributed by atoms with van der Waals surface area (Å²) in [5, 5.41) is 13.6. The van der Waals surface area contributed by atoms with E-state index in [0.29, 0.717) is 6.42 Å². The molecule has 1 aromatic carbocycles. The molecule has 0 spiro atoms. The van der Waals surface area contributed by atoms with Gasteiger partial charge in [-0.15, -0.1) is 0 Å². The van der Waals surface area contributed by atoms with Crippen molar-refractivity contribution in [2.75, 3.05) is 0 Å². The highest BCUT2D eigenvalue weighted by Crippen LogP contribution is 2.02. The normalized spacial score (nSPS) is 11.7. The second kappa shape index (κ2) is 6.58. The number of carbonyl (C=O) groups is 2. The van der Waals surface area contributed by atoms with Gasteiger partial charge in [-0.3, -0.25) is 0 Å². The van der Waals surface area contributed by atoms with Gasteiger partial charge in [-0.1, -0.05) is 19.1 Å². The molecule has 2 amide bonds. The third-order valence-corrected chi connectivity index (χ3v) is 2.38. The van der Waals surface area contributed by atoms with E-state index in [0.717, 1.165) is 5.56 Å². The molecule has 0 bridgehead atoms. The van der Waals surface area contributed by atoms with E-state index in [1.165, 1.54) is 12.1 Å². The van der Waals surface area contributed by atoms with Crippen LogP contribution < -0.4 is 10.6 Å². The van der Waals surface area contributed by atoms with Gasteiger partial charge in [-0.25, -0.2) is 14.0 Å². The Morgan fingerprint density at radius 3 is 2.44 bits per heavy atom. The quantitative estimate of drug-likeness (QED) is 0.744. The Labute approximate surface area is 104 Å². The lowest BCUT2D eigenvalue weighted by atomic mass is 10.2. The lowest BCUT2D eigenvalue weighted by Crippen LogP contribution is -2.45. The van der Waals surface area contributed by atoms with E-state index in [-0.39, 0.29) is 12.4 Å². The Balaban J connectivity index is 2.41. The van der Waals surface area contributed by atoms with Crippen molar-refractivity contribution in [3.8, 4) is 0 Å². The zero-order valence-electron chi connectivity index (χ0n) is 9.94. The first kappa shape index (κ1) is 14.0. The highest BCUT2D eigenvalue weighted by atomic mass is 19.1. The van der Waals surface area contributed by atoms with Gasteiger partial charge in [0.1, 0.15) is 11.9 Å². The molecule has 0 aliphatic heterocycles. The van der Waals surface area contributed by atoms with Gasteiger partial charge in [0.05, 0.1) is 0 Å². The number of carbonyl (C=O) groups excluding carboxylic acids is 1. The second-order valence-corrected chi connectivity index (χ2v) is 3.75. The SMILES string of the molecule is CC[C@@H](NC(=O)NCc1ccc(F)cc1)C(=O)O. The summed E-state index contributed by atoms with van der Waals surface area (Å²) in [6, 6.07) is 4.21. The smallest absolute Gasteiger partial charge is 0.326 e. The number of hydrogen-bond donors (Lipinski definition) is 3. The third-order valence-electron chi connectivity index (χ3n) is 2.38. The molecule has 6 heteroatoms. The van der Waals surface area contributed by atoms with Crippen molar-refractivity contribution in [1.82, 2.24) is 10.6 Å². The van der Waals surface area contributed by atoms with Crippen molar-refractivity contribution < 1.29 is 19.1 Å². The molecule has 18 heavy (non-hydrogen) atoms. The molecular weight excluding hydrogens is 239 g/mol. The number of rotatable bonds is 5. The lowest BCUT2D eigenvalue weighted by molar-refractivity contribution is -0.139. The van der Waals surface area contributed by atoms with Crippen molar-refractivity contribution >= 4 is 12.0 Å². The van der Waals surface area contributed by atoms with Gasteiger partial charge in [0.25, 0.3) is 0 Å². The van der Waals surface area contributed by atoms with E-state index in [9.17, 15) is 14.0 Å². The van der Waals surface area contributed by atoms with Crippen LogP contribution in [0.15, 0.2) is 24.3 Å². The molecule has 0 fully saturated rings. The van der Waals surface area contributed by atoms with Crippen LogP contribution in [0.1, 0.15) is 18.9 Å². The highest BCUT2D eigenvalue weighted by molar-refractivity contribution is 5.82. The van der Waals surface area contributed by atoms with E-state index in [4.69, 9.17) is 5.11 Å². The van der Waals surface area contributed by atoms with E-state index >= 15 is 0 Å². The van der Waals surface area contributed by atoms with Crippen molar-refractivity contribution in [3.05, 3.63) is 35.6 Å². The van der Waals surface area contributed by atoms with Crippen LogP contribution in [0.25, 0.3) is 0 Å². The molecule has 0 aromatic heterocycles. The number of nitrogens with one attached hydrogen (secondary N) is 2.